The van der Waals surface area contributed by atoms with Crippen LogP contribution in [0.1, 0.15) is 28.6 Å². The number of alkyl halides is 3. The zero-order valence-corrected chi connectivity index (χ0v) is 13.2. The summed E-state index contributed by atoms with van der Waals surface area (Å²) in [6.45, 7) is 1.86. The molecule has 0 aliphatic carbocycles. The summed E-state index contributed by atoms with van der Waals surface area (Å²) in [5, 5.41) is 4.20. The molecule has 21 heavy (non-hydrogen) atoms. The smallest absolute Gasteiger partial charge is 0.324 e. The van der Waals surface area contributed by atoms with Gasteiger partial charge in [0.25, 0.3) is 0 Å². The average molecular weight is 362 g/mol. The van der Waals surface area contributed by atoms with Crippen molar-refractivity contribution in [2.75, 3.05) is 0 Å². The molecule has 0 fully saturated rings. The van der Waals surface area contributed by atoms with Crippen molar-refractivity contribution in [2.45, 2.75) is 25.6 Å². The molecule has 114 valence electrons. The van der Waals surface area contributed by atoms with E-state index < -0.39 is 17.8 Å². The highest BCUT2D eigenvalue weighted by Gasteiger charge is 2.33. The molecule has 0 saturated carbocycles. The molecular formula is C14H15BrF3N3. The second kappa shape index (κ2) is 5.81. The highest BCUT2D eigenvalue weighted by atomic mass is 79.9. The second-order valence-electron chi connectivity index (χ2n) is 4.95. The second-order valence-corrected chi connectivity index (χ2v) is 5.80. The van der Waals surface area contributed by atoms with Crippen molar-refractivity contribution in [3.05, 3.63) is 51.3 Å². The fraction of sp³-hybridized carbons (Fsp3) is 0.357. The maximum absolute atomic E-state index is 12.9. The summed E-state index contributed by atoms with van der Waals surface area (Å²) < 4.78 is 40.4. The van der Waals surface area contributed by atoms with Crippen molar-refractivity contribution in [1.29, 1.82) is 0 Å². The van der Waals surface area contributed by atoms with Crippen LogP contribution in [0, 0.1) is 6.92 Å². The number of benzene rings is 1. The number of nitrogens with zero attached hydrogens (tertiary/aromatic N) is 2. The predicted molar refractivity (Wildman–Crippen MR) is 77.7 cm³/mol. The molecule has 0 aliphatic rings. The zero-order valence-electron chi connectivity index (χ0n) is 11.6. The first-order valence-electron chi connectivity index (χ1n) is 6.30. The van der Waals surface area contributed by atoms with E-state index in [0.717, 1.165) is 17.5 Å². The van der Waals surface area contributed by atoms with E-state index in [1.165, 1.54) is 6.07 Å². The van der Waals surface area contributed by atoms with Crippen LogP contribution in [0.3, 0.4) is 0 Å². The van der Waals surface area contributed by atoms with Gasteiger partial charge in [-0.15, -0.1) is 0 Å². The minimum atomic E-state index is -4.41. The molecule has 1 aromatic carbocycles. The predicted octanol–water partition coefficient (Wildman–Crippen LogP) is 3.75. The Kier molecular flexibility index (Phi) is 4.43. The Morgan fingerprint density at radius 2 is 2.00 bits per heavy atom. The molecule has 0 saturated heterocycles. The number of aromatic nitrogens is 2. The molecule has 0 spiro atoms. The van der Waals surface area contributed by atoms with Crippen molar-refractivity contribution in [3.63, 3.8) is 0 Å². The summed E-state index contributed by atoms with van der Waals surface area (Å²) in [6, 6.07) is 5.44. The SMILES string of the molecule is Cc1cc(CC(N)c2ccc(Br)c(C(F)(F)F)c2)n(C)n1. The molecule has 1 unspecified atom stereocenters. The van der Waals surface area contributed by atoms with Crippen molar-refractivity contribution >= 4 is 15.9 Å². The molecule has 7 heteroatoms. The van der Waals surface area contributed by atoms with Gasteiger partial charge in [-0.1, -0.05) is 22.0 Å². The van der Waals surface area contributed by atoms with E-state index in [2.05, 4.69) is 21.0 Å². The molecule has 0 bridgehead atoms. The molecule has 0 amide bonds. The maximum Gasteiger partial charge on any atom is 0.417 e. The fourth-order valence-corrected chi connectivity index (χ4v) is 2.66. The molecule has 3 nitrogen and oxygen atoms in total. The van der Waals surface area contributed by atoms with Crippen LogP contribution in [0.2, 0.25) is 0 Å². The number of nitrogens with two attached hydrogens (primary N) is 1. The Morgan fingerprint density at radius 3 is 2.52 bits per heavy atom. The van der Waals surface area contributed by atoms with E-state index in [-0.39, 0.29) is 4.47 Å². The fourth-order valence-electron chi connectivity index (χ4n) is 2.19. The molecule has 0 aliphatic heterocycles. The van der Waals surface area contributed by atoms with Gasteiger partial charge in [0.2, 0.25) is 0 Å². The van der Waals surface area contributed by atoms with Gasteiger partial charge < -0.3 is 5.73 Å². The summed E-state index contributed by atoms with van der Waals surface area (Å²) in [5.41, 5.74) is 7.52. The molecule has 0 radical (unpaired) electrons. The van der Waals surface area contributed by atoms with Crippen LogP contribution in [0.15, 0.2) is 28.7 Å². The summed E-state index contributed by atoms with van der Waals surface area (Å²) in [6.07, 6.45) is -3.98. The van der Waals surface area contributed by atoms with Gasteiger partial charge in [-0.3, -0.25) is 4.68 Å². The summed E-state index contributed by atoms with van der Waals surface area (Å²) in [5.74, 6) is 0. The van der Waals surface area contributed by atoms with E-state index in [1.807, 2.05) is 13.0 Å². The molecule has 1 aromatic heterocycles. The number of halogens is 4. The first-order valence-corrected chi connectivity index (χ1v) is 7.09. The Bertz CT molecular complexity index is 649. The Balaban J connectivity index is 2.27. The van der Waals surface area contributed by atoms with E-state index in [0.29, 0.717) is 12.0 Å². The first kappa shape index (κ1) is 16.0. The highest BCUT2D eigenvalue weighted by molar-refractivity contribution is 9.10. The normalized spacial score (nSPS) is 13.5. The topological polar surface area (TPSA) is 43.8 Å². The lowest BCUT2D eigenvalue weighted by molar-refractivity contribution is -0.138. The van der Waals surface area contributed by atoms with E-state index in [4.69, 9.17) is 5.73 Å². The van der Waals surface area contributed by atoms with Gasteiger partial charge in [0.1, 0.15) is 0 Å². The monoisotopic (exact) mass is 361 g/mol. The van der Waals surface area contributed by atoms with Gasteiger partial charge in [0.15, 0.2) is 0 Å². The van der Waals surface area contributed by atoms with Crippen molar-refractivity contribution < 1.29 is 13.2 Å². The third-order valence-corrected chi connectivity index (χ3v) is 3.94. The summed E-state index contributed by atoms with van der Waals surface area (Å²) >= 11 is 2.92. The van der Waals surface area contributed by atoms with Crippen molar-refractivity contribution in [3.8, 4) is 0 Å². The van der Waals surface area contributed by atoms with Crippen molar-refractivity contribution in [2.24, 2.45) is 12.8 Å². The van der Waals surface area contributed by atoms with Gasteiger partial charge in [-0.05, 0) is 30.7 Å². The van der Waals surface area contributed by atoms with Gasteiger partial charge in [-0.2, -0.15) is 18.3 Å². The van der Waals surface area contributed by atoms with E-state index >= 15 is 0 Å². The minimum absolute atomic E-state index is 0.0160. The summed E-state index contributed by atoms with van der Waals surface area (Å²) in [4.78, 5) is 0. The quantitative estimate of drug-likeness (QED) is 0.904. The van der Waals surface area contributed by atoms with Crippen LogP contribution < -0.4 is 5.73 Å². The average Bonchev–Trinajstić information content (AvgIpc) is 2.66. The Labute approximate surface area is 129 Å². The number of hydrogen-bond donors (Lipinski definition) is 1. The molecule has 2 aromatic rings. The zero-order chi connectivity index (χ0) is 15.8. The standard InChI is InChI=1S/C14H15BrF3N3/c1-8-5-10(21(2)20-8)7-13(19)9-3-4-12(15)11(6-9)14(16,17)18/h3-6,13H,7,19H2,1-2H3. The van der Waals surface area contributed by atoms with Crippen LogP contribution in [-0.2, 0) is 19.6 Å². The molecular weight excluding hydrogens is 347 g/mol. The third kappa shape index (κ3) is 3.65. The summed E-state index contributed by atoms with van der Waals surface area (Å²) in [7, 11) is 1.79. The van der Waals surface area contributed by atoms with Crippen LogP contribution in [-0.4, -0.2) is 9.78 Å². The highest BCUT2D eigenvalue weighted by Crippen LogP contribution is 2.36. The molecule has 2 rings (SSSR count). The maximum atomic E-state index is 12.9. The number of hydrogen-bond acceptors (Lipinski definition) is 2. The molecule has 1 heterocycles. The lowest BCUT2D eigenvalue weighted by Gasteiger charge is -2.16. The van der Waals surface area contributed by atoms with E-state index in [9.17, 15) is 13.2 Å². The van der Waals surface area contributed by atoms with Crippen LogP contribution in [0.25, 0.3) is 0 Å². The first-order chi connectivity index (χ1) is 9.68. The van der Waals surface area contributed by atoms with Gasteiger partial charge >= 0.3 is 6.18 Å². The lowest BCUT2D eigenvalue weighted by atomic mass is 10.0. The number of aryl methyl sites for hydroxylation is 2. The van der Waals surface area contributed by atoms with Gasteiger partial charge in [-0.25, -0.2) is 0 Å². The van der Waals surface area contributed by atoms with E-state index in [1.54, 1.807) is 17.8 Å². The largest absolute Gasteiger partial charge is 0.417 e. The van der Waals surface area contributed by atoms with Crippen LogP contribution >= 0.6 is 15.9 Å². The number of rotatable bonds is 3. The molecule has 1 atom stereocenters. The minimum Gasteiger partial charge on any atom is -0.324 e. The van der Waals surface area contributed by atoms with Gasteiger partial charge in [0, 0.05) is 29.7 Å². The van der Waals surface area contributed by atoms with Crippen LogP contribution in [0.4, 0.5) is 13.2 Å². The Hall–Kier alpha value is -1.34. The van der Waals surface area contributed by atoms with Gasteiger partial charge in [0.05, 0.1) is 11.3 Å². The van der Waals surface area contributed by atoms with Crippen molar-refractivity contribution in [1.82, 2.24) is 9.78 Å². The lowest BCUT2D eigenvalue weighted by Crippen LogP contribution is -2.17. The third-order valence-electron chi connectivity index (χ3n) is 3.25. The van der Waals surface area contributed by atoms with Crippen LogP contribution in [0.5, 0.6) is 0 Å². The molecule has 2 N–H and O–H groups in total. The Morgan fingerprint density at radius 1 is 1.33 bits per heavy atom.